The van der Waals surface area contributed by atoms with Gasteiger partial charge in [-0.2, -0.15) is 17.4 Å². The molecular weight excluding hydrogens is 240 g/mol. The largest absolute Gasteiger partial charge is 0.317 e. The van der Waals surface area contributed by atoms with E-state index in [9.17, 15) is 8.42 Å². The molecule has 0 aromatic carbocycles. The van der Waals surface area contributed by atoms with Crippen LogP contribution in [-0.4, -0.2) is 70.0 Å². The SMILES string of the molecule is CN1CCN(S(=O)(=O)NC2CCNCC2)CC1. The maximum Gasteiger partial charge on any atom is 0.279 e. The van der Waals surface area contributed by atoms with E-state index in [0.717, 1.165) is 39.0 Å². The zero-order valence-corrected chi connectivity index (χ0v) is 11.2. The monoisotopic (exact) mass is 262 g/mol. The van der Waals surface area contributed by atoms with Crippen molar-refractivity contribution >= 4 is 10.2 Å². The van der Waals surface area contributed by atoms with Crippen molar-refractivity contribution < 1.29 is 8.42 Å². The quantitative estimate of drug-likeness (QED) is 0.672. The highest BCUT2D eigenvalue weighted by Crippen LogP contribution is 2.09. The Balaban J connectivity index is 1.89. The summed E-state index contributed by atoms with van der Waals surface area (Å²) in [6.45, 7) is 4.61. The summed E-state index contributed by atoms with van der Waals surface area (Å²) in [7, 11) is -1.26. The van der Waals surface area contributed by atoms with Crippen LogP contribution in [0.1, 0.15) is 12.8 Å². The highest BCUT2D eigenvalue weighted by molar-refractivity contribution is 7.87. The Morgan fingerprint density at radius 1 is 1.12 bits per heavy atom. The van der Waals surface area contributed by atoms with Crippen LogP contribution in [0.2, 0.25) is 0 Å². The normalized spacial score (nSPS) is 26.2. The second kappa shape index (κ2) is 5.62. The van der Waals surface area contributed by atoms with Gasteiger partial charge in [-0.05, 0) is 33.0 Å². The number of rotatable bonds is 3. The minimum Gasteiger partial charge on any atom is -0.317 e. The van der Waals surface area contributed by atoms with Gasteiger partial charge in [-0.3, -0.25) is 0 Å². The average molecular weight is 262 g/mol. The fraction of sp³-hybridized carbons (Fsp3) is 1.00. The number of hydrogen-bond donors (Lipinski definition) is 2. The molecule has 0 radical (unpaired) electrons. The fourth-order valence-electron chi connectivity index (χ4n) is 2.25. The summed E-state index contributed by atoms with van der Waals surface area (Å²) in [5.41, 5.74) is 0. The van der Waals surface area contributed by atoms with Crippen molar-refractivity contribution in [2.24, 2.45) is 0 Å². The molecule has 0 aromatic heterocycles. The number of hydrogen-bond acceptors (Lipinski definition) is 4. The smallest absolute Gasteiger partial charge is 0.279 e. The highest BCUT2D eigenvalue weighted by Gasteiger charge is 2.28. The van der Waals surface area contributed by atoms with Gasteiger partial charge in [0.05, 0.1) is 0 Å². The molecule has 6 nitrogen and oxygen atoms in total. The molecule has 0 aromatic rings. The van der Waals surface area contributed by atoms with E-state index >= 15 is 0 Å². The Hall–Kier alpha value is -0.210. The molecule has 0 saturated carbocycles. The zero-order chi connectivity index (χ0) is 12.3. The van der Waals surface area contributed by atoms with Crippen molar-refractivity contribution in [1.29, 1.82) is 0 Å². The maximum atomic E-state index is 12.1. The molecule has 2 fully saturated rings. The van der Waals surface area contributed by atoms with E-state index in [1.54, 1.807) is 4.31 Å². The average Bonchev–Trinajstić information content (AvgIpc) is 2.30. The Labute approximate surface area is 104 Å². The number of piperidine rings is 1. The van der Waals surface area contributed by atoms with E-state index in [4.69, 9.17) is 0 Å². The molecule has 0 bridgehead atoms. The number of nitrogens with one attached hydrogen (secondary N) is 2. The van der Waals surface area contributed by atoms with Crippen LogP contribution in [0.3, 0.4) is 0 Å². The predicted molar refractivity (Wildman–Crippen MR) is 67.0 cm³/mol. The molecule has 17 heavy (non-hydrogen) atoms. The lowest BCUT2D eigenvalue weighted by Crippen LogP contribution is -2.54. The van der Waals surface area contributed by atoms with Gasteiger partial charge in [0.25, 0.3) is 10.2 Å². The van der Waals surface area contributed by atoms with E-state index in [2.05, 4.69) is 14.9 Å². The summed E-state index contributed by atoms with van der Waals surface area (Å²) in [4.78, 5) is 2.15. The first-order valence-electron chi connectivity index (χ1n) is 6.24. The highest BCUT2D eigenvalue weighted by atomic mass is 32.2. The van der Waals surface area contributed by atoms with Crippen LogP contribution in [0.5, 0.6) is 0 Å². The second-order valence-corrected chi connectivity index (χ2v) is 6.55. The first-order valence-corrected chi connectivity index (χ1v) is 7.68. The van der Waals surface area contributed by atoms with Crippen LogP contribution in [0.4, 0.5) is 0 Å². The van der Waals surface area contributed by atoms with Crippen molar-refractivity contribution in [1.82, 2.24) is 19.2 Å². The summed E-state index contributed by atoms with van der Waals surface area (Å²) in [5.74, 6) is 0. The minimum absolute atomic E-state index is 0.0981. The Morgan fingerprint density at radius 2 is 1.71 bits per heavy atom. The van der Waals surface area contributed by atoms with Crippen molar-refractivity contribution in [2.75, 3.05) is 46.3 Å². The Bertz CT molecular complexity index is 332. The minimum atomic E-state index is -3.28. The van der Waals surface area contributed by atoms with Gasteiger partial charge >= 0.3 is 0 Å². The third-order valence-corrected chi connectivity index (χ3v) is 5.13. The van der Waals surface area contributed by atoms with Crippen LogP contribution >= 0.6 is 0 Å². The molecule has 0 amide bonds. The molecule has 0 aliphatic carbocycles. The summed E-state index contributed by atoms with van der Waals surface area (Å²) in [5, 5.41) is 3.23. The van der Waals surface area contributed by atoms with Gasteiger partial charge in [0, 0.05) is 32.2 Å². The summed E-state index contributed by atoms with van der Waals surface area (Å²) in [6, 6.07) is 0.0981. The van der Waals surface area contributed by atoms with Crippen molar-refractivity contribution in [2.45, 2.75) is 18.9 Å². The molecular formula is C10H22N4O2S. The van der Waals surface area contributed by atoms with Crippen molar-refractivity contribution in [3.8, 4) is 0 Å². The van der Waals surface area contributed by atoms with Gasteiger partial charge in [-0.15, -0.1) is 0 Å². The first-order chi connectivity index (χ1) is 8.08. The molecule has 2 rings (SSSR count). The lowest BCUT2D eigenvalue weighted by Gasteiger charge is -2.33. The lowest BCUT2D eigenvalue weighted by molar-refractivity contribution is 0.219. The molecule has 7 heteroatoms. The third kappa shape index (κ3) is 3.62. The third-order valence-electron chi connectivity index (χ3n) is 3.46. The van der Waals surface area contributed by atoms with Crippen molar-refractivity contribution in [3.63, 3.8) is 0 Å². The van der Waals surface area contributed by atoms with Gasteiger partial charge in [-0.25, -0.2) is 0 Å². The Morgan fingerprint density at radius 3 is 2.29 bits per heavy atom. The molecule has 2 heterocycles. The second-order valence-electron chi connectivity index (χ2n) is 4.85. The maximum absolute atomic E-state index is 12.1. The van der Waals surface area contributed by atoms with E-state index in [1.807, 2.05) is 7.05 Å². The van der Waals surface area contributed by atoms with E-state index in [1.165, 1.54) is 0 Å². The number of piperazine rings is 1. The van der Waals surface area contributed by atoms with Crippen LogP contribution in [0.25, 0.3) is 0 Å². The van der Waals surface area contributed by atoms with Gasteiger partial charge < -0.3 is 10.2 Å². The van der Waals surface area contributed by atoms with Crippen molar-refractivity contribution in [3.05, 3.63) is 0 Å². The predicted octanol–water partition coefficient (Wildman–Crippen LogP) is -1.18. The molecule has 2 N–H and O–H groups in total. The summed E-state index contributed by atoms with van der Waals surface area (Å²) in [6.07, 6.45) is 1.76. The van der Waals surface area contributed by atoms with Gasteiger partial charge in [-0.1, -0.05) is 0 Å². The number of nitrogens with zero attached hydrogens (tertiary/aromatic N) is 2. The fourth-order valence-corrected chi connectivity index (χ4v) is 3.70. The number of likely N-dealkylation sites (N-methyl/N-ethyl adjacent to an activating group) is 1. The van der Waals surface area contributed by atoms with Crippen LogP contribution in [-0.2, 0) is 10.2 Å². The standard InChI is InChI=1S/C10H22N4O2S/c1-13-6-8-14(9-7-13)17(15,16)12-10-2-4-11-5-3-10/h10-12H,2-9H2,1H3. The van der Waals surface area contributed by atoms with Crippen LogP contribution in [0, 0.1) is 0 Å². The Kier molecular flexibility index (Phi) is 4.37. The van der Waals surface area contributed by atoms with E-state index in [0.29, 0.717) is 13.1 Å². The topological polar surface area (TPSA) is 64.7 Å². The molecule has 100 valence electrons. The molecule has 0 spiro atoms. The first kappa shape index (κ1) is 13.2. The van der Waals surface area contributed by atoms with Gasteiger partial charge in [0.2, 0.25) is 0 Å². The molecule has 2 saturated heterocycles. The summed E-state index contributed by atoms with van der Waals surface area (Å²) >= 11 is 0. The summed E-state index contributed by atoms with van der Waals surface area (Å²) < 4.78 is 28.7. The van der Waals surface area contributed by atoms with Gasteiger partial charge in [0.15, 0.2) is 0 Å². The van der Waals surface area contributed by atoms with Crippen LogP contribution < -0.4 is 10.0 Å². The van der Waals surface area contributed by atoms with E-state index < -0.39 is 10.2 Å². The zero-order valence-electron chi connectivity index (χ0n) is 10.4. The lowest BCUT2D eigenvalue weighted by atomic mass is 10.1. The molecule has 2 aliphatic heterocycles. The molecule has 2 aliphatic rings. The van der Waals surface area contributed by atoms with Crippen LogP contribution in [0.15, 0.2) is 0 Å². The molecule has 0 unspecified atom stereocenters. The molecule has 0 atom stereocenters. The van der Waals surface area contributed by atoms with E-state index in [-0.39, 0.29) is 6.04 Å². The van der Waals surface area contributed by atoms with Gasteiger partial charge in [0.1, 0.15) is 0 Å².